The van der Waals surface area contributed by atoms with Crippen LogP contribution in [0.15, 0.2) is 0 Å². The molecule has 0 aliphatic carbocycles. The Bertz CT molecular complexity index is 305. The summed E-state index contributed by atoms with van der Waals surface area (Å²) in [5.74, 6) is 0. The number of rotatable bonds is 11. The second-order valence-electron chi connectivity index (χ2n) is 3.86. The predicted octanol–water partition coefficient (Wildman–Crippen LogP) is -1.02. The smallest absolute Gasteiger partial charge is 0.756 e. The first-order chi connectivity index (χ1) is 8.95. The molecule has 0 aliphatic rings. The first kappa shape index (κ1) is 23.0. The Kier molecular flexibility index (Phi) is 15.3. The molecule has 114 valence electrons. The van der Waals surface area contributed by atoms with E-state index in [2.05, 4.69) is 9.05 Å². The first-order valence-corrected chi connectivity index (χ1v) is 8.57. The molecule has 20 heavy (non-hydrogen) atoms. The molecule has 0 aromatic heterocycles. The van der Waals surface area contributed by atoms with Crippen LogP contribution in [0.2, 0.25) is 0 Å². The quantitative estimate of drug-likeness (QED) is 0.274. The maximum atomic E-state index is 11.6. The summed E-state index contributed by atoms with van der Waals surface area (Å²) in [6.45, 7) is 4.60. The molecule has 1 unspecified atom stereocenters. The average Bonchev–Trinajstić information content (AvgIpc) is 2.36. The van der Waals surface area contributed by atoms with Crippen LogP contribution >= 0.6 is 19.6 Å². The molecule has 9 heteroatoms. The third-order valence-corrected chi connectivity index (χ3v) is 4.03. The molecule has 0 bridgehead atoms. The summed E-state index contributed by atoms with van der Waals surface area (Å²) in [6.07, 6.45) is 2.07. The van der Waals surface area contributed by atoms with Gasteiger partial charge in [-0.1, -0.05) is 25.6 Å². The number of carbonyl (C=O) groups is 1. The Hall–Kier alpha value is 0.687. The van der Waals surface area contributed by atoms with Crippen LogP contribution in [0.5, 0.6) is 0 Å². The average molecular weight is 320 g/mol. The van der Waals surface area contributed by atoms with E-state index in [1.807, 2.05) is 13.8 Å². The fourth-order valence-corrected chi connectivity index (χ4v) is 2.71. The molecule has 0 fully saturated rings. The standard InChI is InChI=1S/C11H23O6PS.Li/c1-4-6-11(12)19-10(8-16-7-5-2)9-17-18(13,14)15-3;/h10H,4-9H2,1-3H3,(H,13,14);/q;+1/p-1/t10-;/m1./s1. The molecular formula is C11H22LiO6PS. The molecule has 0 aromatic rings. The number of phosphoric ester groups is 1. The summed E-state index contributed by atoms with van der Waals surface area (Å²) in [4.78, 5) is 22.6. The van der Waals surface area contributed by atoms with Crippen LogP contribution < -0.4 is 23.8 Å². The number of ether oxygens (including phenoxy) is 1. The van der Waals surface area contributed by atoms with Crippen molar-refractivity contribution in [1.29, 1.82) is 0 Å². The molecule has 0 radical (unpaired) electrons. The van der Waals surface area contributed by atoms with E-state index in [4.69, 9.17) is 4.74 Å². The van der Waals surface area contributed by atoms with E-state index in [0.29, 0.717) is 13.0 Å². The summed E-state index contributed by atoms with van der Waals surface area (Å²) in [7, 11) is -3.22. The maximum absolute atomic E-state index is 11.6. The van der Waals surface area contributed by atoms with Gasteiger partial charge in [0.15, 0.2) is 5.12 Å². The predicted molar refractivity (Wildman–Crippen MR) is 73.0 cm³/mol. The van der Waals surface area contributed by atoms with E-state index >= 15 is 0 Å². The summed E-state index contributed by atoms with van der Waals surface area (Å²) in [6, 6.07) is 0. The second-order valence-corrected chi connectivity index (χ2v) is 6.74. The second kappa shape index (κ2) is 13.4. The van der Waals surface area contributed by atoms with Crippen molar-refractivity contribution in [3.8, 4) is 0 Å². The zero-order valence-corrected chi connectivity index (χ0v) is 14.3. The van der Waals surface area contributed by atoms with Crippen LogP contribution in [-0.2, 0) is 23.1 Å². The van der Waals surface area contributed by atoms with Crippen molar-refractivity contribution in [1.82, 2.24) is 0 Å². The van der Waals surface area contributed by atoms with Gasteiger partial charge in [-0.2, -0.15) is 0 Å². The number of hydrogen-bond acceptors (Lipinski definition) is 7. The van der Waals surface area contributed by atoms with Gasteiger partial charge in [0, 0.05) is 20.1 Å². The van der Waals surface area contributed by atoms with E-state index in [-0.39, 0.29) is 42.4 Å². The Morgan fingerprint density at radius 1 is 1.30 bits per heavy atom. The Labute approximate surface area is 137 Å². The minimum atomic E-state index is -4.26. The van der Waals surface area contributed by atoms with Gasteiger partial charge in [0.25, 0.3) is 7.82 Å². The Morgan fingerprint density at radius 2 is 1.95 bits per heavy atom. The third-order valence-electron chi connectivity index (χ3n) is 2.05. The van der Waals surface area contributed by atoms with Crippen molar-refractivity contribution >= 4 is 24.7 Å². The number of phosphoric acid groups is 1. The van der Waals surface area contributed by atoms with Crippen LogP contribution in [0.3, 0.4) is 0 Å². The van der Waals surface area contributed by atoms with Gasteiger partial charge in [0.05, 0.1) is 18.5 Å². The molecule has 6 nitrogen and oxygen atoms in total. The molecule has 0 rings (SSSR count). The van der Waals surface area contributed by atoms with Crippen molar-refractivity contribution in [2.45, 2.75) is 38.4 Å². The maximum Gasteiger partial charge on any atom is 1.00 e. The Balaban J connectivity index is 0. The molecule has 0 aromatic carbocycles. The molecule has 2 atom stereocenters. The first-order valence-electron chi connectivity index (χ1n) is 6.23. The van der Waals surface area contributed by atoms with E-state index in [0.717, 1.165) is 31.7 Å². The van der Waals surface area contributed by atoms with Crippen molar-refractivity contribution in [3.63, 3.8) is 0 Å². The number of hydrogen-bond donors (Lipinski definition) is 0. The fraction of sp³-hybridized carbons (Fsp3) is 0.909. The van der Waals surface area contributed by atoms with Gasteiger partial charge in [-0.25, -0.2) is 0 Å². The number of carbonyl (C=O) groups excluding carboxylic acids is 1. The minimum absolute atomic E-state index is 0. The van der Waals surface area contributed by atoms with Gasteiger partial charge >= 0.3 is 18.9 Å². The van der Waals surface area contributed by atoms with Crippen LogP contribution in [0, 0.1) is 0 Å². The van der Waals surface area contributed by atoms with Gasteiger partial charge in [-0.15, -0.1) is 0 Å². The molecule has 0 amide bonds. The summed E-state index contributed by atoms with van der Waals surface area (Å²) in [5, 5.41) is -0.336. The summed E-state index contributed by atoms with van der Waals surface area (Å²) >= 11 is 1.07. The molecule has 0 spiro atoms. The minimum Gasteiger partial charge on any atom is -0.756 e. The molecule has 0 N–H and O–H groups in total. The summed E-state index contributed by atoms with van der Waals surface area (Å²) in [5.41, 5.74) is 0. The number of thioether (sulfide) groups is 1. The molecule has 0 saturated carbocycles. The van der Waals surface area contributed by atoms with Crippen molar-refractivity contribution in [2.75, 3.05) is 26.9 Å². The SMILES string of the molecule is CCCOC[C@H](COP(=O)([O-])OC)SC(=O)CCC.[Li+]. The molecule has 0 aliphatic heterocycles. The van der Waals surface area contributed by atoms with Crippen LogP contribution in [0.4, 0.5) is 0 Å². The largest absolute Gasteiger partial charge is 1.00 e. The summed E-state index contributed by atoms with van der Waals surface area (Å²) < 4.78 is 25.3. The van der Waals surface area contributed by atoms with Gasteiger partial charge < -0.3 is 18.7 Å². The third kappa shape index (κ3) is 12.4. The molecule has 0 heterocycles. The van der Waals surface area contributed by atoms with Crippen molar-refractivity contribution in [3.05, 3.63) is 0 Å². The zero-order chi connectivity index (χ0) is 14.7. The van der Waals surface area contributed by atoms with E-state index in [1.54, 1.807) is 0 Å². The van der Waals surface area contributed by atoms with Crippen LogP contribution in [0.25, 0.3) is 0 Å². The van der Waals surface area contributed by atoms with Crippen molar-refractivity contribution < 1.29 is 46.9 Å². The van der Waals surface area contributed by atoms with Gasteiger partial charge in [0.1, 0.15) is 0 Å². The topological polar surface area (TPSA) is 84.9 Å². The van der Waals surface area contributed by atoms with Crippen molar-refractivity contribution in [2.24, 2.45) is 0 Å². The van der Waals surface area contributed by atoms with E-state index < -0.39 is 7.82 Å². The Morgan fingerprint density at radius 3 is 2.45 bits per heavy atom. The monoisotopic (exact) mass is 320 g/mol. The normalized spacial score (nSPS) is 15.2. The molecular weight excluding hydrogens is 298 g/mol. The zero-order valence-electron chi connectivity index (χ0n) is 12.6. The van der Waals surface area contributed by atoms with Crippen LogP contribution in [-0.4, -0.2) is 37.3 Å². The van der Waals surface area contributed by atoms with Crippen LogP contribution in [0.1, 0.15) is 33.1 Å². The van der Waals surface area contributed by atoms with E-state index in [1.165, 1.54) is 0 Å². The molecule has 0 saturated heterocycles. The fourth-order valence-electron chi connectivity index (χ4n) is 1.15. The van der Waals surface area contributed by atoms with Gasteiger partial charge in [0.2, 0.25) is 0 Å². The van der Waals surface area contributed by atoms with Gasteiger partial charge in [-0.3, -0.25) is 9.36 Å². The van der Waals surface area contributed by atoms with E-state index in [9.17, 15) is 14.3 Å². The van der Waals surface area contributed by atoms with Gasteiger partial charge in [-0.05, 0) is 12.8 Å².